The molecule has 0 atom stereocenters. The summed E-state index contributed by atoms with van der Waals surface area (Å²) in [6.45, 7) is -0.0591. The normalized spacial score (nSPS) is 15.7. The maximum Gasteiger partial charge on any atom is 0.281 e. The molecular formula is C9H12N2O3S. The van der Waals surface area contributed by atoms with Crippen LogP contribution in [0.4, 0.5) is 0 Å². The summed E-state index contributed by atoms with van der Waals surface area (Å²) in [5, 5.41) is 1.79. The summed E-state index contributed by atoms with van der Waals surface area (Å²) in [5.41, 5.74) is 2.36. The topological polar surface area (TPSA) is 60.5 Å². The van der Waals surface area contributed by atoms with Crippen LogP contribution >= 0.6 is 11.5 Å². The molecule has 0 unspecified atom stereocenters. The highest BCUT2D eigenvalue weighted by Crippen LogP contribution is 2.20. The van der Waals surface area contributed by atoms with Crippen LogP contribution in [0.15, 0.2) is 11.4 Å². The lowest BCUT2D eigenvalue weighted by atomic mass is 9.97. The number of rotatable bonds is 5. The smallest absolute Gasteiger partial charge is 0.281 e. The molecule has 0 aromatic carbocycles. The molecule has 6 heteroatoms. The highest BCUT2D eigenvalue weighted by atomic mass is 32.1. The Morgan fingerprint density at radius 3 is 3.13 bits per heavy atom. The third-order valence-corrected chi connectivity index (χ3v) is 2.70. The summed E-state index contributed by atoms with van der Waals surface area (Å²) in [5.74, 6) is 0.189. The van der Waals surface area contributed by atoms with Gasteiger partial charge in [0.05, 0.1) is 6.10 Å². The summed E-state index contributed by atoms with van der Waals surface area (Å²) in [6.07, 6.45) is 3.41. The van der Waals surface area contributed by atoms with Gasteiger partial charge in [0.2, 0.25) is 5.88 Å². The second-order valence-corrected chi connectivity index (χ2v) is 3.99. The molecule has 0 spiro atoms. The average Bonchev–Trinajstić information content (AvgIpc) is 2.64. The van der Waals surface area contributed by atoms with Gasteiger partial charge in [-0.25, -0.2) is 5.48 Å². The monoisotopic (exact) mass is 228 g/mol. The minimum absolute atomic E-state index is 0.0591. The van der Waals surface area contributed by atoms with Gasteiger partial charge in [0.25, 0.3) is 5.91 Å². The van der Waals surface area contributed by atoms with Crippen molar-refractivity contribution in [2.24, 2.45) is 0 Å². The molecular weight excluding hydrogens is 216 g/mol. The number of carbonyl (C=O) groups excluding carboxylic acids is 1. The molecule has 0 saturated heterocycles. The Balaban J connectivity index is 1.60. The van der Waals surface area contributed by atoms with Gasteiger partial charge < -0.3 is 4.74 Å². The number of nitrogens with zero attached hydrogens (tertiary/aromatic N) is 1. The van der Waals surface area contributed by atoms with Crippen LogP contribution in [0.2, 0.25) is 0 Å². The third kappa shape index (κ3) is 3.17. The van der Waals surface area contributed by atoms with Crippen molar-refractivity contribution in [1.29, 1.82) is 0 Å². The number of aromatic nitrogens is 1. The fourth-order valence-electron chi connectivity index (χ4n) is 1.08. The zero-order valence-corrected chi connectivity index (χ0v) is 8.96. The SMILES string of the molecule is O=C(COc1ccsn1)NOC1CCC1. The lowest BCUT2D eigenvalue weighted by molar-refractivity contribution is -0.145. The minimum Gasteiger partial charge on any atom is -0.467 e. The second-order valence-electron chi connectivity index (χ2n) is 3.32. The molecule has 1 aromatic heterocycles. The van der Waals surface area contributed by atoms with E-state index in [0.717, 1.165) is 12.8 Å². The van der Waals surface area contributed by atoms with E-state index in [4.69, 9.17) is 9.57 Å². The van der Waals surface area contributed by atoms with Crippen molar-refractivity contribution in [2.45, 2.75) is 25.4 Å². The molecule has 15 heavy (non-hydrogen) atoms. The van der Waals surface area contributed by atoms with E-state index in [9.17, 15) is 4.79 Å². The highest BCUT2D eigenvalue weighted by Gasteiger charge is 2.19. The molecule has 1 aromatic rings. The fourth-order valence-corrected chi connectivity index (χ4v) is 1.54. The summed E-state index contributed by atoms with van der Waals surface area (Å²) < 4.78 is 9.01. The van der Waals surface area contributed by atoms with Gasteiger partial charge in [0, 0.05) is 11.4 Å². The van der Waals surface area contributed by atoms with E-state index in [1.54, 1.807) is 11.4 Å². The van der Waals surface area contributed by atoms with Crippen LogP contribution in [0.3, 0.4) is 0 Å². The maximum atomic E-state index is 11.2. The maximum absolute atomic E-state index is 11.2. The van der Waals surface area contributed by atoms with Crippen molar-refractivity contribution in [2.75, 3.05) is 6.61 Å². The van der Waals surface area contributed by atoms with Crippen molar-refractivity contribution >= 4 is 17.4 Å². The molecule has 0 aliphatic heterocycles. The van der Waals surface area contributed by atoms with Crippen molar-refractivity contribution in [1.82, 2.24) is 9.85 Å². The van der Waals surface area contributed by atoms with Crippen molar-refractivity contribution < 1.29 is 14.4 Å². The van der Waals surface area contributed by atoms with Gasteiger partial charge in [-0.2, -0.15) is 4.37 Å². The summed E-state index contributed by atoms with van der Waals surface area (Å²) in [6, 6.07) is 1.71. The van der Waals surface area contributed by atoms with Crippen LogP contribution in [-0.4, -0.2) is 23.0 Å². The van der Waals surface area contributed by atoms with Gasteiger partial charge in [-0.1, -0.05) is 0 Å². The van der Waals surface area contributed by atoms with Crippen LogP contribution in [-0.2, 0) is 9.63 Å². The first kappa shape index (κ1) is 10.4. The van der Waals surface area contributed by atoms with Crippen molar-refractivity contribution in [3.05, 3.63) is 11.4 Å². The molecule has 1 heterocycles. The molecule has 1 aliphatic rings. The molecule has 1 aliphatic carbocycles. The first-order valence-corrected chi connectivity index (χ1v) is 5.66. The third-order valence-electron chi connectivity index (χ3n) is 2.16. The standard InChI is InChI=1S/C9H12N2O3S/c12-8(10-14-7-2-1-3-7)6-13-9-4-5-15-11-9/h4-5,7H,1-3,6H2,(H,10,12). The van der Waals surface area contributed by atoms with Crippen LogP contribution in [0.5, 0.6) is 5.88 Å². The molecule has 2 rings (SSSR count). The van der Waals surface area contributed by atoms with Gasteiger partial charge >= 0.3 is 0 Å². The first-order chi connectivity index (χ1) is 7.34. The number of hydrogen-bond donors (Lipinski definition) is 1. The average molecular weight is 228 g/mol. The molecule has 0 bridgehead atoms. The van der Waals surface area contributed by atoms with Crippen molar-refractivity contribution in [3.63, 3.8) is 0 Å². The summed E-state index contributed by atoms with van der Waals surface area (Å²) in [7, 11) is 0. The number of hydrogen-bond acceptors (Lipinski definition) is 5. The van der Waals surface area contributed by atoms with Crippen LogP contribution < -0.4 is 10.2 Å². The highest BCUT2D eigenvalue weighted by molar-refractivity contribution is 7.03. The lowest BCUT2D eigenvalue weighted by Gasteiger charge is -2.24. The van der Waals surface area contributed by atoms with Crippen LogP contribution in [0.1, 0.15) is 19.3 Å². The van der Waals surface area contributed by atoms with E-state index in [-0.39, 0.29) is 18.6 Å². The van der Waals surface area contributed by atoms with E-state index in [1.807, 2.05) is 0 Å². The summed E-state index contributed by atoms with van der Waals surface area (Å²) in [4.78, 5) is 16.3. The Labute approximate surface area is 91.5 Å². The van der Waals surface area contributed by atoms with Gasteiger partial charge in [0.1, 0.15) is 0 Å². The molecule has 82 valence electrons. The predicted molar refractivity (Wildman–Crippen MR) is 54.5 cm³/mol. The minimum atomic E-state index is -0.282. The lowest BCUT2D eigenvalue weighted by Crippen LogP contribution is -2.35. The number of amides is 1. The van der Waals surface area contributed by atoms with Crippen molar-refractivity contribution in [3.8, 4) is 5.88 Å². The zero-order valence-electron chi connectivity index (χ0n) is 8.14. The Kier molecular flexibility index (Phi) is 3.52. The van der Waals surface area contributed by atoms with Crippen LogP contribution in [0, 0.1) is 0 Å². The first-order valence-electron chi connectivity index (χ1n) is 4.82. The molecule has 1 fully saturated rings. The van der Waals surface area contributed by atoms with Gasteiger partial charge in [-0.3, -0.25) is 9.63 Å². The van der Waals surface area contributed by atoms with E-state index < -0.39 is 0 Å². The Morgan fingerprint density at radius 2 is 2.53 bits per heavy atom. The molecule has 1 N–H and O–H groups in total. The molecule has 1 amide bonds. The van der Waals surface area contributed by atoms with Gasteiger partial charge in [0.15, 0.2) is 6.61 Å². The van der Waals surface area contributed by atoms with E-state index in [0.29, 0.717) is 5.88 Å². The fraction of sp³-hybridized carbons (Fsp3) is 0.556. The second kappa shape index (κ2) is 5.09. The van der Waals surface area contributed by atoms with Gasteiger partial charge in [-0.05, 0) is 30.8 Å². The summed E-state index contributed by atoms with van der Waals surface area (Å²) >= 11 is 1.28. The number of carbonyl (C=O) groups is 1. The number of hydroxylamine groups is 1. The Bertz CT molecular complexity index is 311. The van der Waals surface area contributed by atoms with E-state index in [1.165, 1.54) is 18.0 Å². The number of ether oxygens (including phenoxy) is 1. The molecule has 0 radical (unpaired) electrons. The van der Waals surface area contributed by atoms with E-state index in [2.05, 4.69) is 9.85 Å². The largest absolute Gasteiger partial charge is 0.467 e. The predicted octanol–water partition coefficient (Wildman–Crippen LogP) is 1.12. The quantitative estimate of drug-likeness (QED) is 0.767. The molecule has 1 saturated carbocycles. The zero-order chi connectivity index (χ0) is 10.5. The molecule has 5 nitrogen and oxygen atoms in total. The van der Waals surface area contributed by atoms with Gasteiger partial charge in [-0.15, -0.1) is 0 Å². The van der Waals surface area contributed by atoms with E-state index >= 15 is 0 Å². The number of nitrogens with one attached hydrogen (secondary N) is 1. The Hall–Kier alpha value is -1.14. The Morgan fingerprint density at radius 1 is 1.67 bits per heavy atom. The van der Waals surface area contributed by atoms with Crippen LogP contribution in [0.25, 0.3) is 0 Å².